The maximum Gasteiger partial charge on any atom is 0.409 e. The minimum Gasteiger partial charge on any atom is -0.449 e. The Balaban J connectivity index is 1.68. The van der Waals surface area contributed by atoms with Gasteiger partial charge in [-0.15, -0.1) is 0 Å². The van der Waals surface area contributed by atoms with E-state index < -0.39 is 0 Å². The fraction of sp³-hybridized carbons (Fsp3) is 0.867. The van der Waals surface area contributed by atoms with E-state index in [0.717, 1.165) is 51.9 Å². The van der Waals surface area contributed by atoms with Crippen molar-refractivity contribution in [3.63, 3.8) is 0 Å². The summed E-state index contributed by atoms with van der Waals surface area (Å²) in [4.78, 5) is 27.1. The molecule has 2 heterocycles. The molecule has 0 radical (unpaired) electrons. The van der Waals surface area contributed by atoms with Gasteiger partial charge in [0.1, 0.15) is 13.2 Å². The molecule has 0 aromatic rings. The molecule has 0 unspecified atom stereocenters. The van der Waals surface area contributed by atoms with Gasteiger partial charge in [0.2, 0.25) is 0 Å². The maximum atomic E-state index is 11.8. The first-order valence-corrected chi connectivity index (χ1v) is 7.81. The van der Waals surface area contributed by atoms with E-state index in [1.165, 1.54) is 0 Å². The number of amides is 2. The lowest BCUT2D eigenvalue weighted by Gasteiger charge is -2.26. The predicted molar refractivity (Wildman–Crippen MR) is 78.1 cm³/mol. The summed E-state index contributed by atoms with van der Waals surface area (Å²) in [5.74, 6) is 0. The number of carbonyl (C=O) groups is 2. The summed E-state index contributed by atoms with van der Waals surface area (Å²) in [6.45, 7) is 7.51. The summed E-state index contributed by atoms with van der Waals surface area (Å²) in [6, 6.07) is 0. The molecule has 2 aliphatic rings. The minimum atomic E-state index is -0.370. The van der Waals surface area contributed by atoms with Crippen LogP contribution < -0.4 is 0 Å². The van der Waals surface area contributed by atoms with E-state index in [4.69, 9.17) is 9.47 Å². The molecule has 0 bridgehead atoms. The van der Waals surface area contributed by atoms with Crippen LogP contribution >= 0.6 is 0 Å². The van der Waals surface area contributed by atoms with E-state index in [2.05, 4.69) is 0 Å². The standard InChI is InChI=1S/C15H26N2O4/c1-15(2,11-20-13(18)16-7-3-4-8-16)12-21-14(19)17-9-5-6-10-17/h3-12H2,1-2H3. The first-order valence-electron chi connectivity index (χ1n) is 7.81. The smallest absolute Gasteiger partial charge is 0.409 e. The lowest BCUT2D eigenvalue weighted by Crippen LogP contribution is -2.36. The first-order chi connectivity index (χ1) is 9.98. The average molecular weight is 298 g/mol. The van der Waals surface area contributed by atoms with Crippen LogP contribution in [-0.4, -0.2) is 61.4 Å². The van der Waals surface area contributed by atoms with Crippen molar-refractivity contribution in [3.8, 4) is 0 Å². The van der Waals surface area contributed by atoms with E-state index in [9.17, 15) is 9.59 Å². The van der Waals surface area contributed by atoms with E-state index in [1.807, 2.05) is 13.8 Å². The van der Waals surface area contributed by atoms with Crippen molar-refractivity contribution >= 4 is 12.2 Å². The number of ether oxygens (including phenoxy) is 2. The zero-order valence-corrected chi connectivity index (χ0v) is 13.1. The molecule has 2 fully saturated rings. The van der Waals surface area contributed by atoms with Crippen LogP contribution in [0, 0.1) is 5.41 Å². The summed E-state index contributed by atoms with van der Waals surface area (Å²) in [5, 5.41) is 0. The van der Waals surface area contributed by atoms with E-state index in [1.54, 1.807) is 9.80 Å². The van der Waals surface area contributed by atoms with Gasteiger partial charge in [-0.1, -0.05) is 13.8 Å². The van der Waals surface area contributed by atoms with E-state index >= 15 is 0 Å². The molecule has 0 aromatic heterocycles. The highest BCUT2D eigenvalue weighted by atomic mass is 16.6. The molecule has 2 rings (SSSR count). The zero-order chi connectivity index (χ0) is 15.3. The summed E-state index contributed by atoms with van der Waals surface area (Å²) >= 11 is 0. The molecule has 2 aliphatic heterocycles. The van der Waals surface area contributed by atoms with Gasteiger partial charge in [-0.25, -0.2) is 9.59 Å². The molecule has 0 saturated carbocycles. The fourth-order valence-corrected chi connectivity index (χ4v) is 2.54. The Morgan fingerprint density at radius 1 is 0.810 bits per heavy atom. The summed E-state index contributed by atoms with van der Waals surface area (Å²) in [5.41, 5.74) is -0.370. The van der Waals surface area contributed by atoms with Crippen LogP contribution in [0.4, 0.5) is 9.59 Å². The molecule has 6 heteroatoms. The van der Waals surface area contributed by atoms with Crippen LogP contribution in [-0.2, 0) is 9.47 Å². The van der Waals surface area contributed by atoms with Crippen molar-refractivity contribution < 1.29 is 19.1 Å². The second kappa shape index (κ2) is 7.00. The molecule has 0 spiro atoms. The first kappa shape index (κ1) is 15.9. The maximum absolute atomic E-state index is 11.8. The van der Waals surface area contributed by atoms with Crippen molar-refractivity contribution in [2.45, 2.75) is 39.5 Å². The highest BCUT2D eigenvalue weighted by molar-refractivity contribution is 5.68. The van der Waals surface area contributed by atoms with Crippen LogP contribution in [0.2, 0.25) is 0 Å². The van der Waals surface area contributed by atoms with Crippen molar-refractivity contribution in [2.24, 2.45) is 5.41 Å². The molecule has 0 aromatic carbocycles. The summed E-state index contributed by atoms with van der Waals surface area (Å²) in [7, 11) is 0. The van der Waals surface area contributed by atoms with Gasteiger partial charge in [0.15, 0.2) is 0 Å². The third-order valence-corrected chi connectivity index (χ3v) is 3.90. The van der Waals surface area contributed by atoms with Gasteiger partial charge in [0, 0.05) is 31.6 Å². The van der Waals surface area contributed by atoms with Crippen LogP contribution in [0.5, 0.6) is 0 Å². The third kappa shape index (κ3) is 4.79. The number of hydrogen-bond donors (Lipinski definition) is 0. The molecule has 2 amide bonds. The lowest BCUT2D eigenvalue weighted by atomic mass is 9.96. The molecule has 21 heavy (non-hydrogen) atoms. The van der Waals surface area contributed by atoms with Gasteiger partial charge < -0.3 is 19.3 Å². The molecule has 0 atom stereocenters. The van der Waals surface area contributed by atoms with E-state index in [-0.39, 0.29) is 30.8 Å². The SMILES string of the molecule is CC(C)(COC(=O)N1CCCC1)COC(=O)N1CCCC1. The minimum absolute atomic E-state index is 0.258. The Kier molecular flexibility index (Phi) is 5.31. The van der Waals surface area contributed by atoms with Crippen molar-refractivity contribution in [1.29, 1.82) is 0 Å². The largest absolute Gasteiger partial charge is 0.449 e. The van der Waals surface area contributed by atoms with Crippen molar-refractivity contribution in [1.82, 2.24) is 9.80 Å². The van der Waals surface area contributed by atoms with Crippen LogP contribution in [0.3, 0.4) is 0 Å². The quantitative estimate of drug-likeness (QED) is 0.800. The Hall–Kier alpha value is -1.46. The number of likely N-dealkylation sites (tertiary alicyclic amines) is 2. The van der Waals surface area contributed by atoms with Crippen LogP contribution in [0.25, 0.3) is 0 Å². The molecule has 6 nitrogen and oxygen atoms in total. The third-order valence-electron chi connectivity index (χ3n) is 3.90. The highest BCUT2D eigenvalue weighted by Gasteiger charge is 2.27. The Morgan fingerprint density at radius 2 is 1.14 bits per heavy atom. The van der Waals surface area contributed by atoms with Gasteiger partial charge in [-0.3, -0.25) is 0 Å². The normalized spacial score (nSPS) is 19.0. The number of rotatable bonds is 4. The summed E-state index contributed by atoms with van der Waals surface area (Å²) in [6.07, 6.45) is 3.67. The Labute approximate surface area is 126 Å². The van der Waals surface area contributed by atoms with Gasteiger partial charge in [-0.2, -0.15) is 0 Å². The van der Waals surface area contributed by atoms with E-state index in [0.29, 0.717) is 0 Å². The second-order valence-electron chi connectivity index (χ2n) is 6.66. The molecule has 0 N–H and O–H groups in total. The van der Waals surface area contributed by atoms with Crippen LogP contribution in [0.15, 0.2) is 0 Å². The molecule has 2 saturated heterocycles. The highest BCUT2D eigenvalue weighted by Crippen LogP contribution is 2.19. The molecular weight excluding hydrogens is 272 g/mol. The fourth-order valence-electron chi connectivity index (χ4n) is 2.54. The number of carbonyl (C=O) groups excluding carboxylic acids is 2. The van der Waals surface area contributed by atoms with Crippen molar-refractivity contribution in [2.75, 3.05) is 39.4 Å². The van der Waals surface area contributed by atoms with Gasteiger partial charge >= 0.3 is 12.2 Å². The number of hydrogen-bond acceptors (Lipinski definition) is 4. The van der Waals surface area contributed by atoms with Gasteiger partial charge in [-0.05, 0) is 25.7 Å². The predicted octanol–water partition coefficient (Wildman–Crippen LogP) is 2.48. The average Bonchev–Trinajstić information content (AvgIpc) is 3.14. The lowest BCUT2D eigenvalue weighted by molar-refractivity contribution is 0.0262. The Bertz CT molecular complexity index is 338. The van der Waals surface area contributed by atoms with Gasteiger partial charge in [0.05, 0.1) is 0 Å². The Morgan fingerprint density at radius 3 is 1.48 bits per heavy atom. The monoisotopic (exact) mass is 298 g/mol. The van der Waals surface area contributed by atoms with Gasteiger partial charge in [0.25, 0.3) is 0 Å². The van der Waals surface area contributed by atoms with Crippen LogP contribution in [0.1, 0.15) is 39.5 Å². The summed E-state index contributed by atoms with van der Waals surface area (Å²) < 4.78 is 10.7. The molecular formula is C15H26N2O4. The molecule has 120 valence electrons. The zero-order valence-electron chi connectivity index (χ0n) is 13.1. The topological polar surface area (TPSA) is 59.1 Å². The number of nitrogens with zero attached hydrogens (tertiary/aromatic N) is 2. The molecule has 0 aliphatic carbocycles. The second-order valence-corrected chi connectivity index (χ2v) is 6.66. The van der Waals surface area contributed by atoms with Crippen molar-refractivity contribution in [3.05, 3.63) is 0 Å².